The van der Waals surface area contributed by atoms with Crippen LogP contribution in [0.15, 0.2) is 35.2 Å². The van der Waals surface area contributed by atoms with Crippen molar-refractivity contribution in [1.82, 2.24) is 4.31 Å². The fourth-order valence-electron chi connectivity index (χ4n) is 1.99. The van der Waals surface area contributed by atoms with Gasteiger partial charge >= 0.3 is 0 Å². The molecule has 1 aromatic carbocycles. The molecule has 0 heterocycles. The minimum atomic E-state index is -3.55. The largest absolute Gasteiger partial charge is 0.494 e. The molecule has 2 N–H and O–H groups in total. The van der Waals surface area contributed by atoms with Crippen LogP contribution in [-0.4, -0.2) is 32.4 Å². The van der Waals surface area contributed by atoms with Crippen molar-refractivity contribution in [3.8, 4) is 5.75 Å². The summed E-state index contributed by atoms with van der Waals surface area (Å²) in [4.78, 5) is 0.231. The van der Waals surface area contributed by atoms with Crippen LogP contribution in [0.2, 0.25) is 0 Å². The van der Waals surface area contributed by atoms with E-state index >= 15 is 0 Å². The van der Waals surface area contributed by atoms with E-state index in [1.165, 1.54) is 4.31 Å². The van der Waals surface area contributed by atoms with Crippen molar-refractivity contribution < 1.29 is 13.2 Å². The molecule has 0 aliphatic heterocycles. The van der Waals surface area contributed by atoms with E-state index in [2.05, 4.69) is 6.58 Å². The van der Waals surface area contributed by atoms with Gasteiger partial charge in [-0.3, -0.25) is 0 Å². The van der Waals surface area contributed by atoms with Gasteiger partial charge in [0.2, 0.25) is 10.0 Å². The minimum Gasteiger partial charge on any atom is -0.494 e. The second-order valence-corrected chi connectivity index (χ2v) is 6.73. The molecule has 0 bridgehead atoms. The molecule has 0 amide bonds. The summed E-state index contributed by atoms with van der Waals surface area (Å²) < 4.78 is 32.1. The fraction of sp³-hybridized carbons (Fsp3) is 0.467. The first-order valence-electron chi connectivity index (χ1n) is 6.97. The predicted molar refractivity (Wildman–Crippen MR) is 84.7 cm³/mol. The van der Waals surface area contributed by atoms with Crippen molar-refractivity contribution >= 4 is 10.0 Å². The van der Waals surface area contributed by atoms with Crippen LogP contribution in [0.25, 0.3) is 0 Å². The number of likely N-dealkylation sites (N-methyl/N-ethyl adjacent to an activating group) is 1. The first kappa shape index (κ1) is 17.7. The van der Waals surface area contributed by atoms with E-state index in [0.717, 1.165) is 5.57 Å². The minimum absolute atomic E-state index is 0.227. The monoisotopic (exact) mass is 312 g/mol. The van der Waals surface area contributed by atoms with E-state index in [1.807, 2.05) is 13.8 Å². The molecular formula is C15H24N2O3S. The number of nitrogens with two attached hydrogens (primary N) is 1. The van der Waals surface area contributed by atoms with Crippen LogP contribution in [0.1, 0.15) is 26.3 Å². The Morgan fingerprint density at radius 2 is 2.05 bits per heavy atom. The Labute approximate surface area is 127 Å². The van der Waals surface area contributed by atoms with E-state index in [4.69, 9.17) is 10.5 Å². The summed E-state index contributed by atoms with van der Waals surface area (Å²) >= 11 is 0. The molecule has 0 spiro atoms. The second-order valence-electron chi connectivity index (χ2n) is 4.79. The molecule has 1 aromatic rings. The van der Waals surface area contributed by atoms with Gasteiger partial charge in [0, 0.05) is 25.2 Å². The molecule has 6 heteroatoms. The van der Waals surface area contributed by atoms with Crippen LogP contribution in [0.4, 0.5) is 0 Å². The first-order valence-corrected chi connectivity index (χ1v) is 8.41. The molecular weight excluding hydrogens is 288 g/mol. The van der Waals surface area contributed by atoms with E-state index in [-0.39, 0.29) is 11.4 Å². The molecule has 5 nitrogen and oxygen atoms in total. The molecule has 21 heavy (non-hydrogen) atoms. The Morgan fingerprint density at radius 1 is 1.38 bits per heavy atom. The van der Waals surface area contributed by atoms with Crippen molar-refractivity contribution in [3.05, 3.63) is 35.9 Å². The van der Waals surface area contributed by atoms with Crippen molar-refractivity contribution in [1.29, 1.82) is 0 Å². The topological polar surface area (TPSA) is 72.6 Å². The molecule has 0 aromatic heterocycles. The summed E-state index contributed by atoms with van der Waals surface area (Å²) in [5.74, 6) is 0.627. The van der Waals surface area contributed by atoms with Gasteiger partial charge in [-0.05, 0) is 32.0 Å². The predicted octanol–water partition coefficient (Wildman–Crippen LogP) is 2.13. The highest BCUT2D eigenvalue weighted by Gasteiger charge is 2.23. The van der Waals surface area contributed by atoms with Gasteiger partial charge in [0.25, 0.3) is 0 Å². The molecule has 1 rings (SSSR count). The molecule has 0 aliphatic rings. The second kappa shape index (κ2) is 7.59. The molecule has 0 unspecified atom stereocenters. The third-order valence-electron chi connectivity index (χ3n) is 2.99. The molecule has 0 saturated carbocycles. The molecule has 0 radical (unpaired) electrons. The van der Waals surface area contributed by atoms with Crippen molar-refractivity contribution in [2.24, 2.45) is 5.73 Å². The molecule has 0 atom stereocenters. The van der Waals surface area contributed by atoms with Crippen LogP contribution in [0.5, 0.6) is 5.75 Å². The van der Waals surface area contributed by atoms with Gasteiger partial charge in [-0.2, -0.15) is 4.31 Å². The quantitative estimate of drug-likeness (QED) is 0.746. The zero-order valence-electron chi connectivity index (χ0n) is 12.9. The summed E-state index contributed by atoms with van der Waals surface area (Å²) in [7, 11) is -3.55. The molecule has 118 valence electrons. The van der Waals surface area contributed by atoms with Gasteiger partial charge in [-0.1, -0.05) is 19.1 Å². The van der Waals surface area contributed by atoms with Gasteiger partial charge < -0.3 is 10.5 Å². The van der Waals surface area contributed by atoms with E-state index in [0.29, 0.717) is 31.0 Å². The summed E-state index contributed by atoms with van der Waals surface area (Å²) in [5, 5.41) is 0. The van der Waals surface area contributed by atoms with Crippen LogP contribution in [0, 0.1) is 0 Å². The summed E-state index contributed by atoms with van der Waals surface area (Å²) in [5.41, 5.74) is 7.16. The lowest BCUT2D eigenvalue weighted by atomic mass is 10.2. The summed E-state index contributed by atoms with van der Waals surface area (Å²) in [6.07, 6.45) is 0. The van der Waals surface area contributed by atoms with E-state index in [1.54, 1.807) is 25.1 Å². The smallest absolute Gasteiger partial charge is 0.243 e. The average Bonchev–Trinajstić information content (AvgIpc) is 2.44. The zero-order chi connectivity index (χ0) is 16.0. The lowest BCUT2D eigenvalue weighted by Crippen LogP contribution is -2.32. The van der Waals surface area contributed by atoms with Crippen molar-refractivity contribution in [3.63, 3.8) is 0 Å². The maximum absolute atomic E-state index is 12.6. The maximum Gasteiger partial charge on any atom is 0.243 e. The van der Waals surface area contributed by atoms with Crippen molar-refractivity contribution in [2.45, 2.75) is 32.2 Å². The third kappa shape index (κ3) is 4.30. The van der Waals surface area contributed by atoms with Crippen LogP contribution < -0.4 is 10.5 Å². The Balaban J connectivity index is 3.21. The van der Waals surface area contributed by atoms with Crippen LogP contribution >= 0.6 is 0 Å². The van der Waals surface area contributed by atoms with Gasteiger partial charge in [-0.25, -0.2) is 8.42 Å². The number of nitrogens with zero attached hydrogens (tertiary/aromatic N) is 1. The number of benzene rings is 1. The van der Waals surface area contributed by atoms with Gasteiger partial charge in [0.15, 0.2) is 0 Å². The highest BCUT2D eigenvalue weighted by atomic mass is 32.2. The maximum atomic E-state index is 12.6. The Kier molecular flexibility index (Phi) is 6.39. The average molecular weight is 312 g/mol. The third-order valence-corrected chi connectivity index (χ3v) is 4.91. The Hall–Kier alpha value is -1.37. The molecule has 0 aliphatic carbocycles. The van der Waals surface area contributed by atoms with E-state index < -0.39 is 10.0 Å². The lowest BCUT2D eigenvalue weighted by molar-refractivity contribution is 0.336. The highest BCUT2D eigenvalue weighted by Crippen LogP contribution is 2.24. The Morgan fingerprint density at radius 3 is 2.52 bits per heavy atom. The number of hydrogen-bond donors (Lipinski definition) is 1. The summed E-state index contributed by atoms with van der Waals surface area (Å²) in [6.45, 7) is 10.7. The SMILES string of the molecule is C=C(C)CN(CC)S(=O)(=O)c1ccc(OCC)c(CN)c1. The Bertz CT molecular complexity index is 597. The normalized spacial score (nSPS) is 11.7. The number of hydrogen-bond acceptors (Lipinski definition) is 4. The lowest BCUT2D eigenvalue weighted by Gasteiger charge is -2.21. The number of sulfonamides is 1. The van der Waals surface area contributed by atoms with Gasteiger partial charge in [-0.15, -0.1) is 0 Å². The van der Waals surface area contributed by atoms with Crippen LogP contribution in [-0.2, 0) is 16.6 Å². The number of rotatable bonds is 8. The standard InChI is InChI=1S/C15H24N2O3S/c1-5-17(11-12(3)4)21(18,19)14-7-8-15(20-6-2)13(9-14)10-16/h7-9H,3,5-6,10-11,16H2,1-2,4H3. The fourth-order valence-corrected chi connectivity index (χ4v) is 3.55. The van der Waals surface area contributed by atoms with Gasteiger partial charge in [0.05, 0.1) is 11.5 Å². The highest BCUT2D eigenvalue weighted by molar-refractivity contribution is 7.89. The van der Waals surface area contributed by atoms with Crippen molar-refractivity contribution in [2.75, 3.05) is 19.7 Å². The molecule has 0 saturated heterocycles. The molecule has 0 fully saturated rings. The van der Waals surface area contributed by atoms with Crippen LogP contribution in [0.3, 0.4) is 0 Å². The summed E-state index contributed by atoms with van der Waals surface area (Å²) in [6, 6.07) is 4.80. The first-order chi connectivity index (χ1) is 9.86. The zero-order valence-corrected chi connectivity index (χ0v) is 13.7. The van der Waals surface area contributed by atoms with E-state index in [9.17, 15) is 8.42 Å². The number of ether oxygens (including phenoxy) is 1. The van der Waals surface area contributed by atoms with Gasteiger partial charge in [0.1, 0.15) is 5.75 Å².